The molecular formula is C16H15NO4. The lowest BCUT2D eigenvalue weighted by Gasteiger charge is -2.08. The summed E-state index contributed by atoms with van der Waals surface area (Å²) in [4.78, 5) is 22.8. The standard InChI is InChI=1S/C16H15NO4/c18-15(11-21-10-12-6-2-1-3-7-12)17-14-9-5-4-8-13(14)16(19)20/h1-9H,10-11H2,(H,17,18)(H,19,20). The summed E-state index contributed by atoms with van der Waals surface area (Å²) in [7, 11) is 0. The van der Waals surface area contributed by atoms with Crippen LogP contribution in [0.5, 0.6) is 0 Å². The Balaban J connectivity index is 1.86. The molecule has 0 saturated carbocycles. The summed E-state index contributed by atoms with van der Waals surface area (Å²) < 4.78 is 5.29. The van der Waals surface area contributed by atoms with Crippen molar-refractivity contribution in [3.05, 3.63) is 65.7 Å². The molecule has 0 fully saturated rings. The first kappa shape index (κ1) is 14.7. The highest BCUT2D eigenvalue weighted by Crippen LogP contribution is 2.14. The third-order valence-electron chi connectivity index (χ3n) is 2.78. The van der Waals surface area contributed by atoms with E-state index in [1.807, 2.05) is 30.3 Å². The maximum atomic E-state index is 11.7. The number of carboxylic acids is 1. The minimum atomic E-state index is -1.09. The van der Waals surface area contributed by atoms with Gasteiger partial charge >= 0.3 is 5.97 Å². The van der Waals surface area contributed by atoms with Crippen molar-refractivity contribution in [2.45, 2.75) is 6.61 Å². The van der Waals surface area contributed by atoms with Crippen molar-refractivity contribution in [3.63, 3.8) is 0 Å². The summed E-state index contributed by atoms with van der Waals surface area (Å²) in [6.07, 6.45) is 0. The molecule has 1 amide bonds. The van der Waals surface area contributed by atoms with E-state index in [1.165, 1.54) is 6.07 Å². The van der Waals surface area contributed by atoms with Gasteiger partial charge in [0, 0.05) is 0 Å². The highest BCUT2D eigenvalue weighted by Gasteiger charge is 2.11. The van der Waals surface area contributed by atoms with Crippen molar-refractivity contribution in [2.24, 2.45) is 0 Å². The first-order valence-electron chi connectivity index (χ1n) is 6.40. The molecule has 21 heavy (non-hydrogen) atoms. The SMILES string of the molecule is O=C(COCc1ccccc1)Nc1ccccc1C(=O)O. The molecule has 0 aliphatic rings. The van der Waals surface area contributed by atoms with Crippen LogP contribution in [0.3, 0.4) is 0 Å². The molecule has 0 saturated heterocycles. The number of hydrogen-bond donors (Lipinski definition) is 2. The normalized spacial score (nSPS) is 10.1. The quantitative estimate of drug-likeness (QED) is 0.855. The van der Waals surface area contributed by atoms with Crippen LogP contribution in [0, 0.1) is 0 Å². The van der Waals surface area contributed by atoms with Gasteiger partial charge in [-0.2, -0.15) is 0 Å². The van der Waals surface area contributed by atoms with Crippen LogP contribution < -0.4 is 5.32 Å². The number of hydrogen-bond acceptors (Lipinski definition) is 3. The molecule has 0 aromatic heterocycles. The molecule has 108 valence electrons. The molecule has 0 radical (unpaired) electrons. The Morgan fingerprint density at radius 3 is 2.38 bits per heavy atom. The summed E-state index contributed by atoms with van der Waals surface area (Å²) in [5.74, 6) is -1.48. The van der Waals surface area contributed by atoms with E-state index in [2.05, 4.69) is 5.32 Å². The summed E-state index contributed by atoms with van der Waals surface area (Å²) in [5, 5.41) is 11.6. The molecule has 5 nitrogen and oxygen atoms in total. The Bertz CT molecular complexity index is 625. The van der Waals surface area contributed by atoms with E-state index in [0.717, 1.165) is 5.56 Å². The first-order valence-corrected chi connectivity index (χ1v) is 6.40. The van der Waals surface area contributed by atoms with Crippen LogP contribution in [-0.4, -0.2) is 23.6 Å². The van der Waals surface area contributed by atoms with E-state index in [4.69, 9.17) is 9.84 Å². The van der Waals surface area contributed by atoms with Crippen LogP contribution in [0.1, 0.15) is 15.9 Å². The first-order chi connectivity index (χ1) is 10.2. The Morgan fingerprint density at radius 1 is 1.00 bits per heavy atom. The van der Waals surface area contributed by atoms with E-state index in [1.54, 1.807) is 18.2 Å². The largest absolute Gasteiger partial charge is 0.478 e. The molecule has 2 aromatic carbocycles. The van der Waals surface area contributed by atoms with Crippen LogP contribution in [0.2, 0.25) is 0 Å². The maximum Gasteiger partial charge on any atom is 0.337 e. The molecular weight excluding hydrogens is 270 g/mol. The number of nitrogens with one attached hydrogen (secondary N) is 1. The van der Waals surface area contributed by atoms with Gasteiger partial charge in [0.1, 0.15) is 6.61 Å². The molecule has 0 heterocycles. The number of para-hydroxylation sites is 1. The Hall–Kier alpha value is -2.66. The number of ether oxygens (including phenoxy) is 1. The second-order valence-corrected chi connectivity index (χ2v) is 4.38. The van der Waals surface area contributed by atoms with Gasteiger partial charge in [-0.25, -0.2) is 4.79 Å². The predicted molar refractivity (Wildman–Crippen MR) is 78.1 cm³/mol. The molecule has 5 heteroatoms. The van der Waals surface area contributed by atoms with E-state index >= 15 is 0 Å². The van der Waals surface area contributed by atoms with Gasteiger partial charge in [0.05, 0.1) is 17.9 Å². The molecule has 0 bridgehead atoms. The summed E-state index contributed by atoms with van der Waals surface area (Å²) in [6, 6.07) is 15.7. The van der Waals surface area contributed by atoms with Crippen molar-refractivity contribution in [2.75, 3.05) is 11.9 Å². The van der Waals surface area contributed by atoms with E-state index < -0.39 is 5.97 Å². The van der Waals surface area contributed by atoms with Gasteiger partial charge in [-0.15, -0.1) is 0 Å². The molecule has 2 N–H and O–H groups in total. The van der Waals surface area contributed by atoms with Gasteiger partial charge in [-0.1, -0.05) is 42.5 Å². The lowest BCUT2D eigenvalue weighted by atomic mass is 10.2. The van der Waals surface area contributed by atoms with Crippen LogP contribution >= 0.6 is 0 Å². The van der Waals surface area contributed by atoms with Gasteiger partial charge in [-0.05, 0) is 17.7 Å². The molecule has 2 aromatic rings. The van der Waals surface area contributed by atoms with E-state index in [0.29, 0.717) is 6.61 Å². The average Bonchev–Trinajstić information content (AvgIpc) is 2.48. The van der Waals surface area contributed by atoms with E-state index in [9.17, 15) is 9.59 Å². The smallest absolute Gasteiger partial charge is 0.337 e. The zero-order valence-electron chi connectivity index (χ0n) is 11.3. The number of anilines is 1. The zero-order chi connectivity index (χ0) is 15.1. The number of rotatable bonds is 6. The molecule has 0 aliphatic heterocycles. The number of carbonyl (C=O) groups is 2. The second-order valence-electron chi connectivity index (χ2n) is 4.38. The topological polar surface area (TPSA) is 75.6 Å². The Morgan fingerprint density at radius 2 is 1.67 bits per heavy atom. The molecule has 2 rings (SSSR count). The molecule has 0 spiro atoms. The van der Waals surface area contributed by atoms with Gasteiger partial charge in [0.15, 0.2) is 0 Å². The lowest BCUT2D eigenvalue weighted by Crippen LogP contribution is -2.19. The van der Waals surface area contributed by atoms with E-state index in [-0.39, 0.29) is 23.8 Å². The lowest BCUT2D eigenvalue weighted by molar-refractivity contribution is -0.121. The fourth-order valence-corrected chi connectivity index (χ4v) is 1.80. The van der Waals surface area contributed by atoms with Crippen molar-refractivity contribution < 1.29 is 19.4 Å². The van der Waals surface area contributed by atoms with Crippen LogP contribution in [0.15, 0.2) is 54.6 Å². The van der Waals surface area contributed by atoms with Crippen molar-refractivity contribution in [3.8, 4) is 0 Å². The number of carboxylic acid groups (broad SMARTS) is 1. The summed E-state index contributed by atoms with van der Waals surface area (Å²) in [6.45, 7) is 0.192. The molecule has 0 atom stereocenters. The highest BCUT2D eigenvalue weighted by atomic mass is 16.5. The Labute approximate surface area is 122 Å². The van der Waals surface area contributed by atoms with Crippen LogP contribution in [-0.2, 0) is 16.1 Å². The average molecular weight is 285 g/mol. The van der Waals surface area contributed by atoms with Gasteiger partial charge in [0.2, 0.25) is 5.91 Å². The van der Waals surface area contributed by atoms with Gasteiger partial charge < -0.3 is 15.2 Å². The third kappa shape index (κ3) is 4.43. The fraction of sp³-hybridized carbons (Fsp3) is 0.125. The van der Waals surface area contributed by atoms with Gasteiger partial charge in [-0.3, -0.25) is 4.79 Å². The van der Waals surface area contributed by atoms with Crippen molar-refractivity contribution in [1.29, 1.82) is 0 Å². The molecule has 0 aliphatic carbocycles. The fourth-order valence-electron chi connectivity index (χ4n) is 1.80. The number of aromatic carboxylic acids is 1. The summed E-state index contributed by atoms with van der Waals surface area (Å²) in [5.41, 5.74) is 1.28. The number of benzene rings is 2. The third-order valence-corrected chi connectivity index (χ3v) is 2.78. The predicted octanol–water partition coefficient (Wildman–Crippen LogP) is 2.54. The second kappa shape index (κ2) is 7.21. The van der Waals surface area contributed by atoms with Gasteiger partial charge in [0.25, 0.3) is 0 Å². The highest BCUT2D eigenvalue weighted by molar-refractivity contribution is 6.00. The minimum absolute atomic E-state index is 0.0499. The van der Waals surface area contributed by atoms with Crippen LogP contribution in [0.25, 0.3) is 0 Å². The van der Waals surface area contributed by atoms with Crippen molar-refractivity contribution in [1.82, 2.24) is 0 Å². The van der Waals surface area contributed by atoms with Crippen molar-refractivity contribution >= 4 is 17.6 Å². The monoisotopic (exact) mass is 285 g/mol. The Kier molecular flexibility index (Phi) is 5.06. The zero-order valence-corrected chi connectivity index (χ0v) is 11.3. The molecule has 0 unspecified atom stereocenters. The number of amides is 1. The summed E-state index contributed by atoms with van der Waals surface area (Å²) >= 11 is 0. The van der Waals surface area contributed by atoms with Crippen LogP contribution in [0.4, 0.5) is 5.69 Å². The maximum absolute atomic E-state index is 11.7. The minimum Gasteiger partial charge on any atom is -0.478 e. The number of carbonyl (C=O) groups excluding carboxylic acids is 1.